The average Bonchev–Trinajstić information content (AvgIpc) is 1.82. The molecule has 3 aliphatic carbocycles. The standard InChI is InChI=1S/C12H18O.C11H15FO.C11H17NO.C10H15NO.C9H17FO.C8H17N.C7H12F2.C7H15NO.C6H12/c1-10(2)8-9-13-12-7-5-4-6-11(12)3;1-9(2)6-7-13-11-5-3-4-10(12)8-11;1-9(2)6-7-13-11-5-4-10(3)12-8-11;1-9(2)6-8-12-10-5-3-4-7-11-10;1-7(2)4-5-11-8-6-9(8,3)10;1-7(2)6-8(3)9(4)5;1-5(2)6-3-7(8,9)4-6;1-6(2)4-5-8-7(3)9;1-5(2)6-3-4-6/h4-7,10H,8-9H2,1-3H3;3-5,8-9H,6-7H2,1-2H3;4-5,8-9H,6-7H2,1-3H3;3-5,7,9H,6,8H2,1-2H3;7-8H,4-6H2,1-3H3;7H,3,6H2,1-2,4-5H3;5-6H,3-4H2,1-2H3;6H,4-5H2,1-3H3,(H,8,9);5-6H,3-4H2,1-2H3. The van der Waals surface area contributed by atoms with Gasteiger partial charge in [0.15, 0.2) is 0 Å². The van der Waals surface area contributed by atoms with E-state index in [9.17, 15) is 22.4 Å². The number of halogens is 4. The van der Waals surface area contributed by atoms with Gasteiger partial charge in [-0.15, -0.1) is 0 Å². The van der Waals surface area contributed by atoms with E-state index in [0.717, 1.165) is 112 Å². The van der Waals surface area contributed by atoms with Crippen molar-refractivity contribution in [2.75, 3.05) is 53.7 Å². The van der Waals surface area contributed by atoms with Crippen LogP contribution in [0.4, 0.5) is 17.6 Å². The van der Waals surface area contributed by atoms with Crippen molar-refractivity contribution in [1.29, 1.82) is 0 Å². The van der Waals surface area contributed by atoms with Crippen molar-refractivity contribution < 1.29 is 46.0 Å². The molecule has 1 amide bonds. The second-order valence-corrected chi connectivity index (χ2v) is 29.7. The predicted molar refractivity (Wildman–Crippen MR) is 394 cm³/mol. The van der Waals surface area contributed by atoms with Crippen LogP contribution in [0.2, 0.25) is 0 Å². The number of aromatic nitrogens is 2. The van der Waals surface area contributed by atoms with Crippen LogP contribution in [0, 0.1) is 84.8 Å². The SMILES string of the molecule is C=C(CC(C)C)N(C)C.CC(=O)NCCC(C)C.CC(C)C1CC(F)(F)C1.CC(C)C1CC1.CC(C)CCOC1CC1(C)F.CC(C)CCOc1cccc(F)c1.CC(C)CCOc1ccccn1.Cc1ccc(OCCC(C)C)cn1.Cc1ccccc1OCCC(C)C. The summed E-state index contributed by atoms with van der Waals surface area (Å²) >= 11 is 0. The van der Waals surface area contributed by atoms with Crippen LogP contribution >= 0.6 is 0 Å². The van der Waals surface area contributed by atoms with Crippen LogP contribution in [-0.2, 0) is 9.53 Å². The van der Waals surface area contributed by atoms with Crippen molar-refractivity contribution in [3.05, 3.63) is 121 Å². The van der Waals surface area contributed by atoms with Crippen LogP contribution in [0.15, 0.2) is 104 Å². The van der Waals surface area contributed by atoms with E-state index in [4.69, 9.17) is 23.7 Å². The number of benzene rings is 2. The summed E-state index contributed by atoms with van der Waals surface area (Å²) in [6, 6.07) is 24.0. The number of rotatable bonds is 28. The maximum Gasteiger partial charge on any atom is 0.248 e. The van der Waals surface area contributed by atoms with E-state index >= 15 is 0 Å². The number of nitrogens with zero attached hydrogens (tertiary/aromatic N) is 3. The van der Waals surface area contributed by atoms with Crippen molar-refractivity contribution in [2.24, 2.45) is 65.1 Å². The topological polar surface area (TPSA) is 104 Å². The zero-order valence-corrected chi connectivity index (χ0v) is 64.3. The highest BCUT2D eigenvalue weighted by atomic mass is 19.3. The monoisotopic (exact) mass is 1340 g/mol. The maximum atomic E-state index is 12.9. The molecule has 2 unspecified atom stereocenters. The molecule has 2 aromatic carbocycles. The quantitative estimate of drug-likeness (QED) is 0.0557. The number of hydrogen-bond acceptors (Lipinski definition) is 9. The smallest absolute Gasteiger partial charge is 0.248 e. The molecule has 0 radical (unpaired) electrons. The van der Waals surface area contributed by atoms with Gasteiger partial charge in [0.1, 0.15) is 28.7 Å². The molecule has 3 saturated carbocycles. The van der Waals surface area contributed by atoms with Gasteiger partial charge in [0.2, 0.25) is 17.7 Å². The third kappa shape index (κ3) is 57.4. The number of hydrogen-bond donors (Lipinski definition) is 1. The maximum absolute atomic E-state index is 12.9. The highest BCUT2D eigenvalue weighted by Gasteiger charge is 2.52. The lowest BCUT2D eigenvalue weighted by molar-refractivity contribution is -0.122. The van der Waals surface area contributed by atoms with E-state index in [1.54, 1.807) is 38.4 Å². The molecule has 3 fully saturated rings. The van der Waals surface area contributed by atoms with Crippen LogP contribution < -0.4 is 24.3 Å². The Bertz CT molecular complexity index is 2470. The zero-order valence-electron chi connectivity index (χ0n) is 64.3. The van der Waals surface area contributed by atoms with Gasteiger partial charge in [-0.2, -0.15) is 0 Å². The summed E-state index contributed by atoms with van der Waals surface area (Å²) in [6.07, 6.45) is 14.7. The van der Waals surface area contributed by atoms with E-state index in [1.807, 2.05) is 83.4 Å². The Balaban J connectivity index is 0. The van der Waals surface area contributed by atoms with Gasteiger partial charge in [-0.1, -0.05) is 162 Å². The molecule has 546 valence electrons. The van der Waals surface area contributed by atoms with Gasteiger partial charge in [-0.25, -0.2) is 22.5 Å². The summed E-state index contributed by atoms with van der Waals surface area (Å²) in [6.45, 7) is 54.7. The van der Waals surface area contributed by atoms with E-state index < -0.39 is 11.6 Å². The normalized spacial score (nSPS) is 15.6. The number of nitrogens with one attached hydrogen (secondary N) is 1. The molecule has 14 heteroatoms. The van der Waals surface area contributed by atoms with Gasteiger partial charge >= 0.3 is 0 Å². The summed E-state index contributed by atoms with van der Waals surface area (Å²) < 4.78 is 77.1. The van der Waals surface area contributed by atoms with Crippen LogP contribution in [0.25, 0.3) is 0 Å². The van der Waals surface area contributed by atoms with Crippen LogP contribution in [0.3, 0.4) is 0 Å². The van der Waals surface area contributed by atoms with Crippen molar-refractivity contribution in [1.82, 2.24) is 20.2 Å². The number of ether oxygens (including phenoxy) is 5. The van der Waals surface area contributed by atoms with Crippen molar-refractivity contribution >= 4 is 5.91 Å². The Morgan fingerprint density at radius 1 is 0.579 bits per heavy atom. The van der Waals surface area contributed by atoms with Crippen molar-refractivity contribution in [3.63, 3.8) is 0 Å². The molecule has 95 heavy (non-hydrogen) atoms. The lowest BCUT2D eigenvalue weighted by atomic mass is 9.74. The van der Waals surface area contributed by atoms with Crippen LogP contribution in [-0.4, -0.2) is 92.1 Å². The molecule has 0 aliphatic heterocycles. The zero-order chi connectivity index (χ0) is 72.7. The Morgan fingerprint density at radius 3 is 1.43 bits per heavy atom. The summed E-state index contributed by atoms with van der Waals surface area (Å²) in [4.78, 5) is 20.6. The summed E-state index contributed by atoms with van der Waals surface area (Å²) in [5.74, 6) is 8.25. The molecule has 2 heterocycles. The third-order valence-corrected chi connectivity index (χ3v) is 15.3. The average molecular weight is 1340 g/mol. The molecule has 0 spiro atoms. The fraction of sp³-hybridized carbons (Fsp3) is 0.691. The second-order valence-electron chi connectivity index (χ2n) is 29.7. The molecule has 1 N–H and O–H groups in total. The Hall–Kier alpha value is -5.37. The van der Waals surface area contributed by atoms with Gasteiger partial charge < -0.3 is 33.9 Å². The fourth-order valence-electron chi connectivity index (χ4n) is 7.99. The molecule has 10 nitrogen and oxygen atoms in total. The Morgan fingerprint density at radius 2 is 1.06 bits per heavy atom. The highest BCUT2D eigenvalue weighted by molar-refractivity contribution is 5.72. The molecule has 2 atom stereocenters. The van der Waals surface area contributed by atoms with Gasteiger partial charge in [0, 0.05) is 83.2 Å². The van der Waals surface area contributed by atoms with Crippen molar-refractivity contribution in [3.8, 4) is 23.1 Å². The van der Waals surface area contributed by atoms with E-state index in [0.29, 0.717) is 66.8 Å². The first kappa shape index (κ1) is 91.7. The number of para-hydroxylation sites is 1. The van der Waals surface area contributed by atoms with Crippen LogP contribution in [0.1, 0.15) is 227 Å². The fourth-order valence-corrected chi connectivity index (χ4v) is 7.99. The molecular formula is C81H138F4N4O6. The van der Waals surface area contributed by atoms with Gasteiger partial charge in [0.25, 0.3) is 0 Å². The van der Waals surface area contributed by atoms with Gasteiger partial charge in [-0.05, 0) is 186 Å². The lowest BCUT2D eigenvalue weighted by Gasteiger charge is -2.37. The number of alkyl halides is 3. The number of amides is 1. The summed E-state index contributed by atoms with van der Waals surface area (Å²) in [5.41, 5.74) is 2.43. The third-order valence-electron chi connectivity index (χ3n) is 15.3. The molecular weight excluding hydrogens is 1200 g/mol. The van der Waals surface area contributed by atoms with Gasteiger partial charge in [-0.3, -0.25) is 9.78 Å². The molecule has 3 aliphatic rings. The van der Waals surface area contributed by atoms with Crippen LogP contribution in [0.5, 0.6) is 23.1 Å². The number of aryl methyl sites for hydroxylation is 2. The Kier molecular flexibility index (Phi) is 50.9. The first-order chi connectivity index (χ1) is 44.3. The second kappa shape index (κ2) is 52.7. The minimum Gasteiger partial charge on any atom is -0.493 e. The highest BCUT2D eigenvalue weighted by Crippen LogP contribution is 2.46. The first-order valence-corrected chi connectivity index (χ1v) is 35.8. The largest absolute Gasteiger partial charge is 0.493 e. The number of carbonyl (C=O) groups excluding carboxylic acids is 1. The minimum atomic E-state index is -2.32. The summed E-state index contributed by atoms with van der Waals surface area (Å²) in [5, 5.41) is 2.74. The number of carbonyl (C=O) groups is 1. The minimum absolute atomic E-state index is 0.0654. The van der Waals surface area contributed by atoms with E-state index in [-0.39, 0.29) is 36.6 Å². The number of pyridine rings is 2. The van der Waals surface area contributed by atoms with E-state index in [1.165, 1.54) is 36.2 Å². The molecule has 0 saturated heterocycles. The first-order valence-electron chi connectivity index (χ1n) is 35.8. The molecule has 4 aromatic rings. The Labute approximate surface area is 579 Å². The van der Waals surface area contributed by atoms with E-state index in [2.05, 4.69) is 151 Å². The van der Waals surface area contributed by atoms with Gasteiger partial charge in [0.05, 0.1) is 38.7 Å². The molecule has 0 bridgehead atoms. The summed E-state index contributed by atoms with van der Waals surface area (Å²) in [7, 11) is 4.06. The molecule has 2 aromatic heterocycles. The van der Waals surface area contributed by atoms with Crippen molar-refractivity contribution in [2.45, 2.75) is 247 Å². The lowest BCUT2D eigenvalue weighted by Crippen LogP contribution is -2.37. The molecule has 7 rings (SSSR count). The predicted octanol–water partition coefficient (Wildman–Crippen LogP) is 22.6. The number of allylic oxidation sites excluding steroid dienone is 1.